The number of hydrogen-bond acceptors (Lipinski definition) is 3. The van der Waals surface area contributed by atoms with Crippen LogP contribution in [0.5, 0.6) is 0 Å². The molecule has 0 amide bonds. The average molecular weight is 186 g/mol. The standard InChI is InChI=1S/C10H22N2O/c1-10(2,13-4)5-6-12(3)9-7-11-8-9/h9,11H,5-8H2,1-4H3. The van der Waals surface area contributed by atoms with Crippen LogP contribution < -0.4 is 5.32 Å². The minimum absolute atomic E-state index is 0.0193. The van der Waals surface area contributed by atoms with Gasteiger partial charge in [0.25, 0.3) is 0 Å². The second kappa shape index (κ2) is 4.40. The second-order valence-electron chi connectivity index (χ2n) is 4.51. The van der Waals surface area contributed by atoms with Crippen LogP contribution in [0.1, 0.15) is 20.3 Å². The predicted molar refractivity (Wildman–Crippen MR) is 55.0 cm³/mol. The van der Waals surface area contributed by atoms with E-state index in [1.165, 1.54) is 0 Å². The molecule has 0 aromatic carbocycles. The molecular weight excluding hydrogens is 164 g/mol. The summed E-state index contributed by atoms with van der Waals surface area (Å²) < 4.78 is 5.38. The zero-order valence-electron chi connectivity index (χ0n) is 9.26. The summed E-state index contributed by atoms with van der Waals surface area (Å²) in [5.74, 6) is 0. The summed E-state index contributed by atoms with van der Waals surface area (Å²) in [6, 6.07) is 0.743. The Morgan fingerprint density at radius 1 is 1.46 bits per heavy atom. The van der Waals surface area contributed by atoms with Crippen molar-refractivity contribution < 1.29 is 4.74 Å². The number of ether oxygens (including phenoxy) is 1. The van der Waals surface area contributed by atoms with Gasteiger partial charge in [0.2, 0.25) is 0 Å². The van der Waals surface area contributed by atoms with E-state index in [0.717, 1.165) is 32.1 Å². The minimum Gasteiger partial charge on any atom is -0.379 e. The molecule has 1 N–H and O–H groups in total. The van der Waals surface area contributed by atoms with Gasteiger partial charge in [-0.3, -0.25) is 0 Å². The zero-order valence-corrected chi connectivity index (χ0v) is 9.26. The molecule has 0 radical (unpaired) electrons. The first-order valence-corrected chi connectivity index (χ1v) is 5.01. The molecule has 0 saturated carbocycles. The van der Waals surface area contributed by atoms with E-state index in [1.807, 2.05) is 0 Å². The summed E-state index contributed by atoms with van der Waals surface area (Å²) in [5.41, 5.74) is 0.0193. The van der Waals surface area contributed by atoms with Gasteiger partial charge in [0.15, 0.2) is 0 Å². The lowest BCUT2D eigenvalue weighted by Crippen LogP contribution is -2.56. The summed E-state index contributed by atoms with van der Waals surface area (Å²) in [6.45, 7) is 7.68. The van der Waals surface area contributed by atoms with Gasteiger partial charge in [0.1, 0.15) is 0 Å². The molecule has 1 saturated heterocycles. The molecule has 13 heavy (non-hydrogen) atoms. The van der Waals surface area contributed by atoms with Crippen LogP contribution in [0.25, 0.3) is 0 Å². The largest absolute Gasteiger partial charge is 0.379 e. The summed E-state index contributed by atoms with van der Waals surface area (Å²) >= 11 is 0. The Morgan fingerprint density at radius 3 is 2.46 bits per heavy atom. The SMILES string of the molecule is COC(C)(C)CCN(C)C1CNC1. The van der Waals surface area contributed by atoms with Gasteiger partial charge in [0.05, 0.1) is 5.60 Å². The average Bonchev–Trinajstić information content (AvgIpc) is 1.98. The van der Waals surface area contributed by atoms with E-state index < -0.39 is 0 Å². The molecule has 0 unspecified atom stereocenters. The van der Waals surface area contributed by atoms with Crippen LogP contribution in [0.3, 0.4) is 0 Å². The first-order chi connectivity index (χ1) is 6.05. The lowest BCUT2D eigenvalue weighted by molar-refractivity contribution is 0.00445. The van der Waals surface area contributed by atoms with E-state index in [4.69, 9.17) is 4.74 Å². The fourth-order valence-corrected chi connectivity index (χ4v) is 1.32. The fourth-order valence-electron chi connectivity index (χ4n) is 1.32. The maximum Gasteiger partial charge on any atom is 0.0634 e. The summed E-state index contributed by atoms with van der Waals surface area (Å²) in [4.78, 5) is 2.41. The van der Waals surface area contributed by atoms with Gasteiger partial charge in [-0.15, -0.1) is 0 Å². The summed E-state index contributed by atoms with van der Waals surface area (Å²) in [5, 5.41) is 3.28. The number of hydrogen-bond donors (Lipinski definition) is 1. The molecule has 0 bridgehead atoms. The zero-order chi connectivity index (χ0) is 9.90. The third-order valence-corrected chi connectivity index (χ3v) is 3.00. The third kappa shape index (κ3) is 3.25. The highest BCUT2D eigenvalue weighted by Crippen LogP contribution is 2.14. The number of likely N-dealkylation sites (N-methyl/N-ethyl adjacent to an activating group) is 1. The Hall–Kier alpha value is -0.120. The molecule has 0 atom stereocenters. The molecule has 0 aliphatic carbocycles. The second-order valence-corrected chi connectivity index (χ2v) is 4.51. The van der Waals surface area contributed by atoms with E-state index >= 15 is 0 Å². The molecular formula is C10H22N2O. The molecule has 1 rings (SSSR count). The quantitative estimate of drug-likeness (QED) is 0.684. The van der Waals surface area contributed by atoms with Crippen molar-refractivity contribution in [2.24, 2.45) is 0 Å². The fraction of sp³-hybridized carbons (Fsp3) is 1.00. The van der Waals surface area contributed by atoms with E-state index in [9.17, 15) is 0 Å². The Labute approximate surface area is 81.4 Å². The molecule has 1 aliphatic rings. The molecule has 1 heterocycles. The van der Waals surface area contributed by atoms with Gasteiger partial charge in [-0.1, -0.05) is 0 Å². The molecule has 78 valence electrons. The van der Waals surface area contributed by atoms with E-state index in [2.05, 4.69) is 31.1 Å². The van der Waals surface area contributed by atoms with Crippen molar-refractivity contribution in [3.63, 3.8) is 0 Å². The first kappa shape index (κ1) is 11.0. The van der Waals surface area contributed by atoms with Crippen molar-refractivity contribution in [1.82, 2.24) is 10.2 Å². The Balaban J connectivity index is 2.17. The number of methoxy groups -OCH3 is 1. The molecule has 0 spiro atoms. The lowest BCUT2D eigenvalue weighted by Gasteiger charge is -2.37. The topological polar surface area (TPSA) is 24.5 Å². The van der Waals surface area contributed by atoms with Crippen molar-refractivity contribution in [3.8, 4) is 0 Å². The third-order valence-electron chi connectivity index (χ3n) is 3.00. The Morgan fingerprint density at radius 2 is 2.08 bits per heavy atom. The van der Waals surface area contributed by atoms with Crippen molar-refractivity contribution >= 4 is 0 Å². The lowest BCUT2D eigenvalue weighted by atomic mass is 10.0. The van der Waals surface area contributed by atoms with Gasteiger partial charge in [-0.05, 0) is 27.3 Å². The highest BCUT2D eigenvalue weighted by molar-refractivity contribution is 4.83. The van der Waals surface area contributed by atoms with Gasteiger partial charge in [-0.2, -0.15) is 0 Å². The Kier molecular flexibility index (Phi) is 3.71. The smallest absolute Gasteiger partial charge is 0.0634 e. The molecule has 1 fully saturated rings. The monoisotopic (exact) mass is 186 g/mol. The highest BCUT2D eigenvalue weighted by Gasteiger charge is 2.23. The molecule has 3 nitrogen and oxygen atoms in total. The highest BCUT2D eigenvalue weighted by atomic mass is 16.5. The van der Waals surface area contributed by atoms with E-state index in [-0.39, 0.29) is 5.60 Å². The molecule has 1 aliphatic heterocycles. The van der Waals surface area contributed by atoms with Crippen LogP contribution in [0, 0.1) is 0 Å². The number of rotatable bonds is 5. The number of nitrogens with zero attached hydrogens (tertiary/aromatic N) is 1. The number of nitrogens with one attached hydrogen (secondary N) is 1. The van der Waals surface area contributed by atoms with Gasteiger partial charge in [-0.25, -0.2) is 0 Å². The maximum absolute atomic E-state index is 5.38. The molecule has 3 heteroatoms. The first-order valence-electron chi connectivity index (χ1n) is 5.01. The molecule has 0 aromatic rings. The van der Waals surface area contributed by atoms with Crippen molar-refractivity contribution in [3.05, 3.63) is 0 Å². The van der Waals surface area contributed by atoms with Crippen LogP contribution in [0.4, 0.5) is 0 Å². The van der Waals surface area contributed by atoms with Crippen molar-refractivity contribution in [2.75, 3.05) is 33.8 Å². The summed E-state index contributed by atoms with van der Waals surface area (Å²) in [6.07, 6.45) is 1.09. The Bertz CT molecular complexity index is 155. The maximum atomic E-state index is 5.38. The van der Waals surface area contributed by atoms with Crippen LogP contribution in [-0.4, -0.2) is 50.3 Å². The van der Waals surface area contributed by atoms with E-state index in [1.54, 1.807) is 7.11 Å². The van der Waals surface area contributed by atoms with E-state index in [0.29, 0.717) is 0 Å². The van der Waals surface area contributed by atoms with Gasteiger partial charge < -0.3 is 15.0 Å². The summed E-state index contributed by atoms with van der Waals surface area (Å²) in [7, 11) is 3.97. The van der Waals surface area contributed by atoms with Crippen LogP contribution in [-0.2, 0) is 4.74 Å². The van der Waals surface area contributed by atoms with Crippen molar-refractivity contribution in [1.29, 1.82) is 0 Å². The van der Waals surface area contributed by atoms with Crippen LogP contribution in [0.2, 0.25) is 0 Å². The van der Waals surface area contributed by atoms with Crippen molar-refractivity contribution in [2.45, 2.75) is 31.9 Å². The predicted octanol–water partition coefficient (Wildman–Crippen LogP) is 0.705. The molecule has 0 aromatic heterocycles. The normalized spacial score (nSPS) is 19.2. The minimum atomic E-state index is 0.0193. The van der Waals surface area contributed by atoms with Crippen LogP contribution in [0.15, 0.2) is 0 Å². The van der Waals surface area contributed by atoms with Gasteiger partial charge in [0, 0.05) is 32.8 Å². The van der Waals surface area contributed by atoms with Crippen LogP contribution >= 0.6 is 0 Å². The van der Waals surface area contributed by atoms with Gasteiger partial charge >= 0.3 is 0 Å².